The van der Waals surface area contributed by atoms with Crippen LogP contribution in [-0.4, -0.2) is 12.0 Å². The molecule has 3 aromatic rings. The standard InChI is InChI=1S/C21H21NO4/c1-12-6-5-7-13(2)20(12)22-21(24)15(4)25-16-8-9-17-14(3)10-19(23)26-18(17)11-16/h5-11,15H,1-4H3,(H,22,24). The molecule has 0 saturated carbocycles. The van der Waals surface area contributed by atoms with Crippen molar-refractivity contribution in [2.45, 2.75) is 33.8 Å². The van der Waals surface area contributed by atoms with Gasteiger partial charge in [0.1, 0.15) is 11.3 Å². The number of aryl methyl sites for hydroxylation is 3. The van der Waals surface area contributed by atoms with E-state index in [0.29, 0.717) is 11.3 Å². The number of amides is 1. The van der Waals surface area contributed by atoms with Crippen LogP contribution >= 0.6 is 0 Å². The van der Waals surface area contributed by atoms with E-state index in [2.05, 4.69) is 5.32 Å². The predicted molar refractivity (Wildman–Crippen MR) is 102 cm³/mol. The fraction of sp³-hybridized carbons (Fsp3) is 0.238. The Hall–Kier alpha value is -3.08. The topological polar surface area (TPSA) is 68.5 Å². The Kier molecular flexibility index (Phi) is 4.80. The summed E-state index contributed by atoms with van der Waals surface area (Å²) in [6, 6.07) is 12.5. The third kappa shape index (κ3) is 3.61. The van der Waals surface area contributed by atoms with Gasteiger partial charge in [-0.2, -0.15) is 0 Å². The number of anilines is 1. The number of hydrogen-bond donors (Lipinski definition) is 1. The molecule has 1 amide bonds. The average Bonchev–Trinajstić information content (AvgIpc) is 2.57. The summed E-state index contributed by atoms with van der Waals surface area (Å²) >= 11 is 0. The van der Waals surface area contributed by atoms with Crippen LogP contribution in [0.4, 0.5) is 5.69 Å². The van der Waals surface area contributed by atoms with Crippen molar-refractivity contribution < 1.29 is 13.9 Å². The van der Waals surface area contributed by atoms with Crippen LogP contribution in [0, 0.1) is 20.8 Å². The fourth-order valence-corrected chi connectivity index (χ4v) is 2.87. The number of carbonyl (C=O) groups is 1. The lowest BCUT2D eigenvalue weighted by Crippen LogP contribution is -2.30. The number of fused-ring (bicyclic) bond motifs is 1. The van der Waals surface area contributed by atoms with Crippen molar-refractivity contribution in [3.05, 3.63) is 69.6 Å². The predicted octanol–water partition coefficient (Wildman–Crippen LogP) is 4.12. The number of rotatable bonds is 4. The molecule has 5 nitrogen and oxygen atoms in total. The monoisotopic (exact) mass is 351 g/mol. The van der Waals surface area contributed by atoms with Crippen LogP contribution in [-0.2, 0) is 4.79 Å². The summed E-state index contributed by atoms with van der Waals surface area (Å²) in [4.78, 5) is 24.0. The molecule has 0 bridgehead atoms. The van der Waals surface area contributed by atoms with Gasteiger partial charge >= 0.3 is 5.63 Å². The van der Waals surface area contributed by atoms with E-state index < -0.39 is 11.7 Å². The largest absolute Gasteiger partial charge is 0.481 e. The van der Waals surface area contributed by atoms with Gasteiger partial charge < -0.3 is 14.5 Å². The molecule has 2 aromatic carbocycles. The molecular formula is C21H21NO4. The van der Waals surface area contributed by atoms with E-state index in [9.17, 15) is 9.59 Å². The highest BCUT2D eigenvalue weighted by atomic mass is 16.5. The van der Waals surface area contributed by atoms with Gasteiger partial charge in [-0.1, -0.05) is 18.2 Å². The van der Waals surface area contributed by atoms with Crippen molar-refractivity contribution >= 4 is 22.6 Å². The molecule has 0 aliphatic carbocycles. The third-order valence-electron chi connectivity index (χ3n) is 4.33. The number of carbonyl (C=O) groups excluding carboxylic acids is 1. The van der Waals surface area contributed by atoms with E-state index >= 15 is 0 Å². The Bertz CT molecular complexity index is 1020. The number of hydrogen-bond acceptors (Lipinski definition) is 4. The summed E-state index contributed by atoms with van der Waals surface area (Å²) in [5.74, 6) is 0.226. The van der Waals surface area contributed by atoms with Gasteiger partial charge in [0.25, 0.3) is 5.91 Å². The maximum atomic E-state index is 12.5. The van der Waals surface area contributed by atoms with Gasteiger partial charge in [0.05, 0.1) is 0 Å². The molecule has 3 rings (SSSR count). The number of para-hydroxylation sites is 1. The minimum absolute atomic E-state index is 0.242. The fourth-order valence-electron chi connectivity index (χ4n) is 2.87. The van der Waals surface area contributed by atoms with Crippen molar-refractivity contribution in [2.24, 2.45) is 0 Å². The molecule has 5 heteroatoms. The van der Waals surface area contributed by atoms with E-state index in [4.69, 9.17) is 9.15 Å². The second kappa shape index (κ2) is 7.04. The highest BCUT2D eigenvalue weighted by Gasteiger charge is 2.17. The minimum atomic E-state index is -0.706. The SMILES string of the molecule is Cc1cccc(C)c1NC(=O)C(C)Oc1ccc2c(C)cc(=O)oc2c1. The van der Waals surface area contributed by atoms with Crippen molar-refractivity contribution in [1.29, 1.82) is 0 Å². The minimum Gasteiger partial charge on any atom is -0.481 e. The van der Waals surface area contributed by atoms with Gasteiger partial charge in [-0.25, -0.2) is 4.79 Å². The molecule has 1 unspecified atom stereocenters. The van der Waals surface area contributed by atoms with Crippen molar-refractivity contribution in [3.8, 4) is 5.75 Å². The van der Waals surface area contributed by atoms with Gasteiger partial charge in [-0.3, -0.25) is 4.79 Å². The first-order chi connectivity index (χ1) is 12.3. The van der Waals surface area contributed by atoms with Crippen LogP contribution in [0.2, 0.25) is 0 Å². The van der Waals surface area contributed by atoms with Crippen LogP contribution in [0.25, 0.3) is 11.0 Å². The first-order valence-electron chi connectivity index (χ1n) is 8.43. The van der Waals surface area contributed by atoms with Gasteiger partial charge in [0, 0.05) is 23.2 Å². The molecule has 1 heterocycles. The quantitative estimate of drug-likeness (QED) is 0.718. The summed E-state index contributed by atoms with van der Waals surface area (Å²) in [6.07, 6.45) is -0.706. The summed E-state index contributed by atoms with van der Waals surface area (Å²) in [7, 11) is 0. The van der Waals surface area contributed by atoms with Gasteiger partial charge in [-0.05, 0) is 56.5 Å². The Morgan fingerprint density at radius 1 is 1.04 bits per heavy atom. The first-order valence-corrected chi connectivity index (χ1v) is 8.43. The van der Waals surface area contributed by atoms with E-state index in [1.807, 2.05) is 45.0 Å². The highest BCUT2D eigenvalue weighted by Crippen LogP contribution is 2.24. The van der Waals surface area contributed by atoms with E-state index in [-0.39, 0.29) is 5.91 Å². The Balaban J connectivity index is 1.79. The third-order valence-corrected chi connectivity index (χ3v) is 4.33. The Morgan fingerprint density at radius 3 is 2.42 bits per heavy atom. The van der Waals surface area contributed by atoms with Crippen LogP contribution in [0.1, 0.15) is 23.6 Å². The summed E-state index contributed by atoms with van der Waals surface area (Å²) in [5.41, 5.74) is 3.65. The second-order valence-corrected chi connectivity index (χ2v) is 6.42. The van der Waals surface area contributed by atoms with Crippen LogP contribution < -0.4 is 15.7 Å². The van der Waals surface area contributed by atoms with E-state index in [1.165, 1.54) is 6.07 Å². The molecule has 1 aromatic heterocycles. The van der Waals surface area contributed by atoms with Crippen LogP contribution in [0.3, 0.4) is 0 Å². The van der Waals surface area contributed by atoms with E-state index in [1.54, 1.807) is 19.1 Å². The molecule has 1 N–H and O–H groups in total. The number of benzene rings is 2. The maximum Gasteiger partial charge on any atom is 0.336 e. The van der Waals surface area contributed by atoms with Gasteiger partial charge in [-0.15, -0.1) is 0 Å². The van der Waals surface area contributed by atoms with Crippen LogP contribution in [0.15, 0.2) is 51.7 Å². The zero-order chi connectivity index (χ0) is 18.8. The first kappa shape index (κ1) is 17.7. The van der Waals surface area contributed by atoms with Crippen molar-refractivity contribution in [1.82, 2.24) is 0 Å². The molecule has 0 aliphatic rings. The zero-order valence-corrected chi connectivity index (χ0v) is 15.3. The molecule has 26 heavy (non-hydrogen) atoms. The molecule has 134 valence electrons. The lowest BCUT2D eigenvalue weighted by Gasteiger charge is -2.17. The van der Waals surface area contributed by atoms with Crippen molar-refractivity contribution in [2.75, 3.05) is 5.32 Å². The highest BCUT2D eigenvalue weighted by molar-refractivity contribution is 5.95. The van der Waals surface area contributed by atoms with Gasteiger partial charge in [0.2, 0.25) is 0 Å². The Labute approximate surface area is 151 Å². The molecule has 0 spiro atoms. The average molecular weight is 351 g/mol. The van der Waals surface area contributed by atoms with E-state index in [0.717, 1.165) is 27.8 Å². The molecular weight excluding hydrogens is 330 g/mol. The lowest BCUT2D eigenvalue weighted by atomic mass is 10.1. The van der Waals surface area contributed by atoms with Crippen molar-refractivity contribution in [3.63, 3.8) is 0 Å². The number of nitrogens with one attached hydrogen (secondary N) is 1. The molecule has 0 saturated heterocycles. The molecule has 0 aliphatic heterocycles. The molecule has 0 radical (unpaired) electrons. The lowest BCUT2D eigenvalue weighted by molar-refractivity contribution is -0.122. The smallest absolute Gasteiger partial charge is 0.336 e. The summed E-state index contributed by atoms with van der Waals surface area (Å²) < 4.78 is 11.0. The van der Waals surface area contributed by atoms with Gasteiger partial charge in [0.15, 0.2) is 6.10 Å². The summed E-state index contributed by atoms with van der Waals surface area (Å²) in [6.45, 7) is 7.42. The summed E-state index contributed by atoms with van der Waals surface area (Å²) in [5, 5.41) is 3.75. The molecule has 0 fully saturated rings. The van der Waals surface area contributed by atoms with Crippen LogP contribution in [0.5, 0.6) is 5.75 Å². The molecule has 1 atom stereocenters. The Morgan fingerprint density at radius 2 is 1.73 bits per heavy atom. The second-order valence-electron chi connectivity index (χ2n) is 6.42. The number of ether oxygens (including phenoxy) is 1. The zero-order valence-electron chi connectivity index (χ0n) is 15.3. The maximum absolute atomic E-state index is 12.5. The normalized spacial score (nSPS) is 12.0.